The first kappa shape index (κ1) is 19.1. The van der Waals surface area contributed by atoms with Gasteiger partial charge in [0, 0.05) is 23.9 Å². The first-order chi connectivity index (χ1) is 12.6. The quantitative estimate of drug-likeness (QED) is 0.767. The molecule has 3 rings (SSSR count). The van der Waals surface area contributed by atoms with Crippen LogP contribution in [0.15, 0.2) is 34.9 Å². The maximum atomic E-state index is 12.7. The van der Waals surface area contributed by atoms with Gasteiger partial charge in [-0.3, -0.25) is 9.00 Å². The zero-order chi connectivity index (χ0) is 18.5. The van der Waals surface area contributed by atoms with Crippen molar-refractivity contribution in [1.82, 2.24) is 9.88 Å². The number of carbonyl (C=O) groups is 1. The van der Waals surface area contributed by atoms with Crippen molar-refractivity contribution in [2.45, 2.75) is 43.6 Å². The Hall–Kier alpha value is -1.66. The predicted octanol–water partition coefficient (Wildman–Crippen LogP) is 4.03. The number of carbonyl (C=O) groups excluding carboxylic acids is 1. The number of nitrogens with zero attached hydrogens (tertiary/aromatic N) is 2. The fourth-order valence-corrected chi connectivity index (χ4v) is 4.33. The molecule has 2 aromatic rings. The second-order valence-corrected chi connectivity index (χ2v) is 8.70. The number of oxazole rings is 1. The van der Waals surface area contributed by atoms with Gasteiger partial charge in [-0.25, -0.2) is 4.98 Å². The van der Waals surface area contributed by atoms with E-state index in [0.29, 0.717) is 22.2 Å². The van der Waals surface area contributed by atoms with Gasteiger partial charge in [0.05, 0.1) is 22.0 Å². The molecule has 26 heavy (non-hydrogen) atoms. The SMILES string of the molecule is C[C@@H](C(=O)N1CCCCCC1)[S@@](=O)Cc1coc(-c2ccccc2Cl)n1. The van der Waals surface area contributed by atoms with Crippen LogP contribution in [0.3, 0.4) is 0 Å². The largest absolute Gasteiger partial charge is 0.444 e. The summed E-state index contributed by atoms with van der Waals surface area (Å²) in [5.41, 5.74) is 1.26. The summed E-state index contributed by atoms with van der Waals surface area (Å²) in [5, 5.41) is 0.000273. The third-order valence-electron chi connectivity index (χ3n) is 4.61. The third-order valence-corrected chi connectivity index (χ3v) is 6.51. The second kappa shape index (κ2) is 8.82. The Labute approximate surface area is 161 Å². The third kappa shape index (κ3) is 4.54. The van der Waals surface area contributed by atoms with Gasteiger partial charge in [-0.1, -0.05) is 36.6 Å². The number of hydrogen-bond donors (Lipinski definition) is 0. The lowest BCUT2D eigenvalue weighted by Gasteiger charge is -2.23. The number of hydrogen-bond acceptors (Lipinski definition) is 4. The topological polar surface area (TPSA) is 63.4 Å². The molecule has 0 unspecified atom stereocenters. The van der Waals surface area contributed by atoms with Gasteiger partial charge in [0.2, 0.25) is 11.8 Å². The Morgan fingerprint density at radius 3 is 2.65 bits per heavy atom. The highest BCUT2D eigenvalue weighted by Crippen LogP contribution is 2.27. The number of rotatable bonds is 5. The van der Waals surface area contributed by atoms with E-state index in [2.05, 4.69) is 4.98 Å². The van der Waals surface area contributed by atoms with Crippen molar-refractivity contribution in [1.29, 1.82) is 0 Å². The highest BCUT2D eigenvalue weighted by molar-refractivity contribution is 7.85. The summed E-state index contributed by atoms with van der Waals surface area (Å²) in [4.78, 5) is 18.9. The van der Waals surface area contributed by atoms with Gasteiger partial charge in [0.1, 0.15) is 11.5 Å². The minimum atomic E-state index is -1.35. The Balaban J connectivity index is 1.64. The van der Waals surface area contributed by atoms with Crippen LogP contribution in [0, 0.1) is 0 Å². The van der Waals surface area contributed by atoms with Gasteiger partial charge in [-0.2, -0.15) is 0 Å². The van der Waals surface area contributed by atoms with Crippen molar-refractivity contribution in [3.63, 3.8) is 0 Å². The molecular formula is C19H23ClN2O3S. The van der Waals surface area contributed by atoms with Crippen LogP contribution in [0.1, 0.15) is 38.3 Å². The lowest BCUT2D eigenvalue weighted by Crippen LogP contribution is -2.40. The van der Waals surface area contributed by atoms with Crippen LogP contribution in [-0.4, -0.2) is 38.3 Å². The summed E-state index contributed by atoms with van der Waals surface area (Å²) in [6.45, 7) is 3.26. The van der Waals surface area contributed by atoms with Gasteiger partial charge in [-0.15, -0.1) is 0 Å². The first-order valence-corrected chi connectivity index (χ1v) is 10.7. The van der Waals surface area contributed by atoms with Crippen molar-refractivity contribution in [3.8, 4) is 11.5 Å². The van der Waals surface area contributed by atoms with Crippen LogP contribution in [0.5, 0.6) is 0 Å². The molecule has 0 saturated carbocycles. The van der Waals surface area contributed by atoms with E-state index in [0.717, 1.165) is 38.8 Å². The molecule has 0 aliphatic carbocycles. The molecule has 1 aromatic carbocycles. The van der Waals surface area contributed by atoms with Crippen molar-refractivity contribution >= 4 is 28.3 Å². The van der Waals surface area contributed by atoms with Gasteiger partial charge >= 0.3 is 0 Å². The van der Waals surface area contributed by atoms with Gasteiger partial charge in [-0.05, 0) is 31.9 Å². The van der Waals surface area contributed by atoms with E-state index >= 15 is 0 Å². The molecular weight excluding hydrogens is 372 g/mol. The fraction of sp³-hybridized carbons (Fsp3) is 0.474. The lowest BCUT2D eigenvalue weighted by molar-refractivity contribution is -0.130. The number of amides is 1. The summed E-state index contributed by atoms with van der Waals surface area (Å²) in [6, 6.07) is 7.27. The molecule has 0 bridgehead atoms. The van der Waals surface area contributed by atoms with Crippen molar-refractivity contribution in [2.24, 2.45) is 0 Å². The molecule has 1 fully saturated rings. The van der Waals surface area contributed by atoms with Gasteiger partial charge < -0.3 is 9.32 Å². The molecule has 5 nitrogen and oxygen atoms in total. The normalized spacial score (nSPS) is 17.5. The van der Waals surface area contributed by atoms with E-state index < -0.39 is 16.0 Å². The average Bonchev–Trinajstić information content (AvgIpc) is 2.92. The first-order valence-electron chi connectivity index (χ1n) is 8.91. The van der Waals surface area contributed by atoms with E-state index in [-0.39, 0.29) is 11.7 Å². The Bertz CT molecular complexity index is 785. The van der Waals surface area contributed by atoms with Gasteiger partial charge in [0.25, 0.3) is 0 Å². The summed E-state index contributed by atoms with van der Waals surface area (Å²) in [7, 11) is -1.35. The highest BCUT2D eigenvalue weighted by Gasteiger charge is 2.26. The number of likely N-dealkylation sites (tertiary alicyclic amines) is 1. The Kier molecular flexibility index (Phi) is 6.48. The zero-order valence-electron chi connectivity index (χ0n) is 14.8. The standard InChI is InChI=1S/C19H23ClN2O3S/c1-14(19(23)22-10-6-2-3-7-11-22)26(24)13-15-12-25-18(21-15)16-8-4-5-9-17(16)20/h4-5,8-9,12,14H,2-3,6-7,10-11,13H2,1H3/t14-,26-/m0/s1. The van der Waals surface area contributed by atoms with E-state index in [1.165, 1.54) is 6.26 Å². The second-order valence-electron chi connectivity index (χ2n) is 6.53. The monoisotopic (exact) mass is 394 g/mol. The summed E-state index contributed by atoms with van der Waals surface area (Å²) in [5.74, 6) is 0.559. The minimum absolute atomic E-state index is 0.0277. The van der Waals surface area contributed by atoms with Gasteiger partial charge in [0.15, 0.2) is 0 Å². The van der Waals surface area contributed by atoms with E-state index in [4.69, 9.17) is 16.0 Å². The van der Waals surface area contributed by atoms with Crippen molar-refractivity contribution < 1.29 is 13.4 Å². The number of benzene rings is 1. The van der Waals surface area contributed by atoms with E-state index in [9.17, 15) is 9.00 Å². The van der Waals surface area contributed by atoms with E-state index in [1.54, 1.807) is 13.0 Å². The minimum Gasteiger partial charge on any atom is -0.444 e. The molecule has 2 heterocycles. The van der Waals surface area contributed by atoms with Crippen LogP contribution >= 0.6 is 11.6 Å². The fourth-order valence-electron chi connectivity index (χ4n) is 3.06. The maximum absolute atomic E-state index is 12.7. The average molecular weight is 395 g/mol. The lowest BCUT2D eigenvalue weighted by atomic mass is 10.2. The molecule has 1 amide bonds. The van der Waals surface area contributed by atoms with Crippen LogP contribution in [0.2, 0.25) is 5.02 Å². The molecule has 1 aliphatic heterocycles. The summed E-state index contributed by atoms with van der Waals surface area (Å²) < 4.78 is 18.1. The molecule has 2 atom stereocenters. The van der Waals surface area contributed by atoms with Crippen molar-refractivity contribution in [2.75, 3.05) is 13.1 Å². The predicted molar refractivity (Wildman–Crippen MR) is 103 cm³/mol. The smallest absolute Gasteiger partial charge is 0.238 e. The number of halogens is 1. The van der Waals surface area contributed by atoms with Crippen LogP contribution in [0.4, 0.5) is 0 Å². The molecule has 0 spiro atoms. The molecule has 0 N–H and O–H groups in total. The molecule has 7 heteroatoms. The molecule has 140 valence electrons. The molecule has 1 aromatic heterocycles. The Morgan fingerprint density at radius 1 is 1.27 bits per heavy atom. The van der Waals surface area contributed by atoms with Crippen LogP contribution < -0.4 is 0 Å². The zero-order valence-corrected chi connectivity index (χ0v) is 16.4. The molecule has 0 radical (unpaired) electrons. The Morgan fingerprint density at radius 2 is 1.96 bits per heavy atom. The summed E-state index contributed by atoms with van der Waals surface area (Å²) in [6.07, 6.45) is 5.85. The summed E-state index contributed by atoms with van der Waals surface area (Å²) >= 11 is 6.15. The maximum Gasteiger partial charge on any atom is 0.238 e. The van der Waals surface area contributed by atoms with E-state index in [1.807, 2.05) is 23.1 Å². The number of aromatic nitrogens is 1. The van der Waals surface area contributed by atoms with Crippen LogP contribution in [0.25, 0.3) is 11.5 Å². The molecule has 1 aliphatic rings. The highest BCUT2D eigenvalue weighted by atomic mass is 35.5. The van der Waals surface area contributed by atoms with Crippen molar-refractivity contribution in [3.05, 3.63) is 41.2 Å². The van der Waals surface area contributed by atoms with Crippen LogP contribution in [-0.2, 0) is 21.3 Å². The molecule has 1 saturated heterocycles.